The Hall–Kier alpha value is -3.12. The number of carbonyl (C=O) groups excluding carboxylic acids is 1. The molecular weight excluding hydrogens is 378 g/mol. The van der Waals surface area contributed by atoms with Gasteiger partial charge in [-0.1, -0.05) is 29.3 Å². The Kier molecular flexibility index (Phi) is 5.80. The molecule has 3 rings (SSSR count). The Labute approximate surface area is 167 Å². The molecule has 1 N–H and O–H groups in total. The summed E-state index contributed by atoms with van der Waals surface area (Å²) in [5.74, 6) is 0.0653. The van der Waals surface area contributed by atoms with Crippen molar-refractivity contribution in [3.63, 3.8) is 0 Å². The highest BCUT2D eigenvalue weighted by molar-refractivity contribution is 6.31. The van der Waals surface area contributed by atoms with Crippen LogP contribution >= 0.6 is 11.6 Å². The quantitative estimate of drug-likeness (QED) is 0.710. The van der Waals surface area contributed by atoms with Crippen molar-refractivity contribution in [3.05, 3.63) is 75.0 Å². The number of rotatable bonds is 5. The Morgan fingerprint density at radius 2 is 1.93 bits per heavy atom. The lowest BCUT2D eigenvalue weighted by molar-refractivity contribution is -0.117. The Balaban J connectivity index is 1.86. The van der Waals surface area contributed by atoms with Crippen LogP contribution in [0.1, 0.15) is 11.1 Å². The molecule has 0 unspecified atom stereocenters. The zero-order valence-corrected chi connectivity index (χ0v) is 16.6. The highest BCUT2D eigenvalue weighted by Crippen LogP contribution is 2.27. The van der Waals surface area contributed by atoms with E-state index in [1.165, 1.54) is 13.2 Å². The minimum absolute atomic E-state index is 0.229. The van der Waals surface area contributed by atoms with Gasteiger partial charge in [0.15, 0.2) is 0 Å². The summed E-state index contributed by atoms with van der Waals surface area (Å²) in [5.41, 5.74) is 3.75. The van der Waals surface area contributed by atoms with Gasteiger partial charge in [0.2, 0.25) is 5.91 Å². The van der Waals surface area contributed by atoms with E-state index in [1.807, 2.05) is 32.0 Å². The Morgan fingerprint density at radius 1 is 1.14 bits per heavy atom. The third-order valence-electron chi connectivity index (χ3n) is 4.26. The van der Waals surface area contributed by atoms with Crippen LogP contribution in [0.5, 0.6) is 5.75 Å². The average molecular weight is 398 g/mol. The van der Waals surface area contributed by atoms with Crippen LogP contribution in [0, 0.1) is 13.8 Å². The summed E-state index contributed by atoms with van der Waals surface area (Å²) in [6.07, 6.45) is 0. The molecule has 28 heavy (non-hydrogen) atoms. The molecule has 1 amide bonds. The fourth-order valence-electron chi connectivity index (χ4n) is 2.82. The highest BCUT2D eigenvalue weighted by atomic mass is 35.5. The van der Waals surface area contributed by atoms with Crippen molar-refractivity contribution < 1.29 is 9.53 Å². The second kappa shape index (κ2) is 8.27. The molecule has 2 aromatic carbocycles. The van der Waals surface area contributed by atoms with E-state index in [-0.39, 0.29) is 12.1 Å². The van der Waals surface area contributed by atoms with Crippen LogP contribution in [0.3, 0.4) is 0 Å². The topological polar surface area (TPSA) is 73.2 Å². The van der Waals surface area contributed by atoms with Crippen LogP contribution in [0.4, 0.5) is 5.69 Å². The van der Waals surface area contributed by atoms with Crippen LogP contribution in [0.2, 0.25) is 5.02 Å². The summed E-state index contributed by atoms with van der Waals surface area (Å²) >= 11 is 5.98. The second-order valence-corrected chi connectivity index (χ2v) is 6.86. The van der Waals surface area contributed by atoms with E-state index < -0.39 is 5.91 Å². The molecule has 0 spiro atoms. The van der Waals surface area contributed by atoms with Crippen molar-refractivity contribution in [2.75, 3.05) is 12.4 Å². The first-order valence-electron chi connectivity index (χ1n) is 8.66. The summed E-state index contributed by atoms with van der Waals surface area (Å²) in [5, 5.41) is 7.54. The summed E-state index contributed by atoms with van der Waals surface area (Å²) in [6.45, 7) is 3.74. The van der Waals surface area contributed by atoms with Gasteiger partial charge in [-0.05, 0) is 49.7 Å². The van der Waals surface area contributed by atoms with Gasteiger partial charge in [0.05, 0.1) is 18.5 Å². The first-order valence-corrected chi connectivity index (χ1v) is 9.04. The molecule has 3 aromatic rings. The van der Waals surface area contributed by atoms with E-state index in [9.17, 15) is 9.59 Å². The van der Waals surface area contributed by atoms with Gasteiger partial charge in [0.25, 0.3) is 5.56 Å². The lowest BCUT2D eigenvalue weighted by atomic mass is 10.0. The van der Waals surface area contributed by atoms with Crippen molar-refractivity contribution in [2.45, 2.75) is 20.4 Å². The molecule has 0 aliphatic carbocycles. The molecule has 0 atom stereocenters. The molecule has 7 heteroatoms. The maximum atomic E-state index is 12.5. The predicted octanol–water partition coefficient (Wildman–Crippen LogP) is 3.83. The van der Waals surface area contributed by atoms with Gasteiger partial charge in [-0.3, -0.25) is 9.59 Å². The molecule has 0 radical (unpaired) electrons. The van der Waals surface area contributed by atoms with Crippen LogP contribution < -0.4 is 15.6 Å². The number of ether oxygens (including phenoxy) is 1. The molecule has 0 aliphatic rings. The predicted molar refractivity (Wildman–Crippen MR) is 110 cm³/mol. The molecule has 1 aromatic heterocycles. The number of amides is 1. The molecule has 0 saturated heterocycles. The largest absolute Gasteiger partial charge is 0.495 e. The van der Waals surface area contributed by atoms with Crippen molar-refractivity contribution in [1.82, 2.24) is 9.78 Å². The zero-order valence-electron chi connectivity index (χ0n) is 15.8. The number of hydrogen-bond acceptors (Lipinski definition) is 4. The van der Waals surface area contributed by atoms with Gasteiger partial charge in [0, 0.05) is 16.7 Å². The second-order valence-electron chi connectivity index (χ2n) is 6.43. The first-order chi connectivity index (χ1) is 13.4. The van der Waals surface area contributed by atoms with Crippen molar-refractivity contribution in [2.24, 2.45) is 0 Å². The summed E-state index contributed by atoms with van der Waals surface area (Å²) in [7, 11) is 1.50. The lowest BCUT2D eigenvalue weighted by Gasteiger charge is -2.12. The minimum Gasteiger partial charge on any atom is -0.495 e. The third-order valence-corrected chi connectivity index (χ3v) is 4.50. The molecule has 1 heterocycles. The van der Waals surface area contributed by atoms with Crippen LogP contribution in [0.25, 0.3) is 11.3 Å². The van der Waals surface area contributed by atoms with Crippen LogP contribution in [-0.2, 0) is 11.3 Å². The van der Waals surface area contributed by atoms with Crippen molar-refractivity contribution in [3.8, 4) is 17.0 Å². The fraction of sp³-hybridized carbons (Fsp3) is 0.190. The summed E-state index contributed by atoms with van der Waals surface area (Å²) in [6, 6.07) is 14.0. The SMILES string of the molecule is COc1ccc(Cl)cc1NC(=O)Cn1nc(-c2cc(C)ccc2C)ccc1=O. The number of methoxy groups -OCH3 is 1. The number of hydrogen-bond donors (Lipinski definition) is 1. The number of anilines is 1. The van der Waals surface area contributed by atoms with Gasteiger partial charge in [0.1, 0.15) is 12.3 Å². The average Bonchev–Trinajstić information content (AvgIpc) is 2.66. The zero-order chi connectivity index (χ0) is 20.3. The van der Waals surface area contributed by atoms with Gasteiger partial charge in [-0.15, -0.1) is 0 Å². The number of benzene rings is 2. The number of nitrogens with one attached hydrogen (secondary N) is 1. The Morgan fingerprint density at radius 3 is 2.68 bits per heavy atom. The molecular formula is C21H20ClN3O3. The number of halogens is 1. The fourth-order valence-corrected chi connectivity index (χ4v) is 2.99. The van der Waals surface area contributed by atoms with E-state index in [0.29, 0.717) is 22.2 Å². The van der Waals surface area contributed by atoms with E-state index in [1.54, 1.807) is 24.3 Å². The van der Waals surface area contributed by atoms with E-state index in [4.69, 9.17) is 16.3 Å². The number of nitrogens with zero attached hydrogens (tertiary/aromatic N) is 2. The van der Waals surface area contributed by atoms with Crippen LogP contribution in [-0.4, -0.2) is 22.8 Å². The summed E-state index contributed by atoms with van der Waals surface area (Å²) < 4.78 is 6.36. The minimum atomic E-state index is -0.409. The Bertz CT molecular complexity index is 1090. The van der Waals surface area contributed by atoms with E-state index in [2.05, 4.69) is 10.4 Å². The number of aromatic nitrogens is 2. The lowest BCUT2D eigenvalue weighted by Crippen LogP contribution is -2.29. The monoisotopic (exact) mass is 397 g/mol. The van der Waals surface area contributed by atoms with Crippen molar-refractivity contribution >= 4 is 23.2 Å². The van der Waals surface area contributed by atoms with E-state index in [0.717, 1.165) is 21.4 Å². The molecule has 0 bridgehead atoms. The van der Waals surface area contributed by atoms with Gasteiger partial charge < -0.3 is 10.1 Å². The molecule has 0 aliphatic heterocycles. The summed E-state index contributed by atoms with van der Waals surface area (Å²) in [4.78, 5) is 24.7. The highest BCUT2D eigenvalue weighted by Gasteiger charge is 2.12. The van der Waals surface area contributed by atoms with Gasteiger partial charge >= 0.3 is 0 Å². The van der Waals surface area contributed by atoms with Crippen LogP contribution in [0.15, 0.2) is 53.3 Å². The molecule has 6 nitrogen and oxygen atoms in total. The maximum absolute atomic E-state index is 12.5. The van der Waals surface area contributed by atoms with Gasteiger partial charge in [-0.25, -0.2) is 4.68 Å². The molecule has 0 saturated carbocycles. The smallest absolute Gasteiger partial charge is 0.267 e. The number of aryl methyl sites for hydroxylation is 2. The number of carbonyl (C=O) groups is 1. The maximum Gasteiger partial charge on any atom is 0.267 e. The standard InChI is InChI=1S/C21H20ClN3O3/c1-13-4-5-14(2)16(10-13)17-7-9-21(27)25(24-17)12-20(26)23-18-11-15(22)6-8-19(18)28-3/h4-11H,12H2,1-3H3,(H,23,26). The molecule has 144 valence electrons. The normalized spacial score (nSPS) is 10.6. The van der Waals surface area contributed by atoms with Crippen molar-refractivity contribution in [1.29, 1.82) is 0 Å². The van der Waals surface area contributed by atoms with E-state index >= 15 is 0 Å². The van der Waals surface area contributed by atoms with Gasteiger partial charge in [-0.2, -0.15) is 5.10 Å². The third kappa shape index (κ3) is 4.40. The molecule has 0 fully saturated rings. The first kappa shape index (κ1) is 19.6.